The Bertz CT molecular complexity index is 926. The molecule has 3 aromatic rings. The van der Waals surface area contributed by atoms with E-state index in [1.54, 1.807) is 0 Å². The van der Waals surface area contributed by atoms with Crippen molar-refractivity contribution in [3.8, 4) is 0 Å². The van der Waals surface area contributed by atoms with Crippen molar-refractivity contribution in [2.24, 2.45) is 5.92 Å². The van der Waals surface area contributed by atoms with E-state index < -0.39 is 0 Å². The van der Waals surface area contributed by atoms with E-state index in [0.29, 0.717) is 6.04 Å². The number of piperidine rings is 1. The van der Waals surface area contributed by atoms with Gasteiger partial charge in [-0.15, -0.1) is 11.3 Å². The molecule has 1 N–H and O–H groups in total. The van der Waals surface area contributed by atoms with Crippen LogP contribution >= 0.6 is 22.9 Å². The second kappa shape index (κ2) is 7.97. The average molecular weight is 417 g/mol. The number of nitrogens with one attached hydrogen (secondary N) is 1. The molecule has 1 saturated carbocycles. The zero-order chi connectivity index (χ0) is 18.9. The van der Waals surface area contributed by atoms with Gasteiger partial charge in [0, 0.05) is 24.0 Å². The van der Waals surface area contributed by atoms with E-state index >= 15 is 0 Å². The smallest absolute Gasteiger partial charge is 0.226 e. The average Bonchev–Trinajstić information content (AvgIpc) is 3.44. The summed E-state index contributed by atoms with van der Waals surface area (Å²) in [5, 5.41) is 4.70. The van der Waals surface area contributed by atoms with Gasteiger partial charge in [0.05, 0.1) is 6.33 Å². The van der Waals surface area contributed by atoms with Crippen molar-refractivity contribution < 1.29 is 0 Å². The van der Waals surface area contributed by atoms with Crippen molar-refractivity contribution in [1.82, 2.24) is 24.5 Å². The molecule has 8 heteroatoms. The van der Waals surface area contributed by atoms with E-state index in [1.807, 2.05) is 17.7 Å². The number of thiophene rings is 1. The number of anilines is 1. The fourth-order valence-corrected chi connectivity index (χ4v) is 5.52. The molecular weight excluding hydrogens is 392 g/mol. The Morgan fingerprint density at radius 1 is 1.14 bits per heavy atom. The molecule has 0 aromatic carbocycles. The first kappa shape index (κ1) is 18.3. The summed E-state index contributed by atoms with van der Waals surface area (Å²) in [6.45, 7) is 2.00. The summed E-state index contributed by atoms with van der Waals surface area (Å²) in [6, 6.07) is 4.87. The molecule has 2 aliphatic rings. The largest absolute Gasteiger partial charge is 0.312 e. The maximum atomic E-state index is 6.26. The van der Waals surface area contributed by atoms with E-state index in [-0.39, 0.29) is 5.28 Å². The van der Waals surface area contributed by atoms with Gasteiger partial charge in [-0.05, 0) is 61.1 Å². The first-order chi connectivity index (χ1) is 13.8. The van der Waals surface area contributed by atoms with Crippen LogP contribution in [0.1, 0.15) is 49.4 Å². The molecule has 5 rings (SSSR count). The molecule has 1 aliphatic heterocycles. The van der Waals surface area contributed by atoms with E-state index in [0.717, 1.165) is 36.0 Å². The molecule has 2 fully saturated rings. The van der Waals surface area contributed by atoms with Gasteiger partial charge >= 0.3 is 0 Å². The van der Waals surface area contributed by atoms with Crippen LogP contribution < -0.4 is 5.43 Å². The lowest BCUT2D eigenvalue weighted by Crippen LogP contribution is -2.38. The molecular formula is C20H25ClN6S. The number of hydrogen-bond acceptors (Lipinski definition) is 6. The highest BCUT2D eigenvalue weighted by Gasteiger charge is 2.24. The summed E-state index contributed by atoms with van der Waals surface area (Å²) in [5.41, 5.74) is 5.14. The van der Waals surface area contributed by atoms with Gasteiger partial charge in [0.2, 0.25) is 5.28 Å². The number of rotatable bonds is 5. The quantitative estimate of drug-likeness (QED) is 0.597. The van der Waals surface area contributed by atoms with Crippen LogP contribution in [0.2, 0.25) is 5.28 Å². The van der Waals surface area contributed by atoms with Crippen LogP contribution in [0.15, 0.2) is 23.8 Å². The highest BCUT2D eigenvalue weighted by molar-refractivity contribution is 7.09. The van der Waals surface area contributed by atoms with E-state index in [1.165, 1.54) is 49.8 Å². The van der Waals surface area contributed by atoms with Crippen LogP contribution in [0.3, 0.4) is 0 Å². The van der Waals surface area contributed by atoms with Crippen molar-refractivity contribution >= 4 is 39.9 Å². The predicted octanol–water partition coefficient (Wildman–Crippen LogP) is 4.94. The van der Waals surface area contributed by atoms with Crippen molar-refractivity contribution in [1.29, 1.82) is 0 Å². The Morgan fingerprint density at radius 3 is 2.71 bits per heavy atom. The highest BCUT2D eigenvalue weighted by Crippen LogP contribution is 2.33. The zero-order valence-corrected chi connectivity index (χ0v) is 17.4. The summed E-state index contributed by atoms with van der Waals surface area (Å²) >= 11 is 8.12. The maximum absolute atomic E-state index is 6.26. The number of nitrogens with zero attached hydrogens (tertiary/aromatic N) is 5. The van der Waals surface area contributed by atoms with E-state index in [9.17, 15) is 0 Å². The van der Waals surface area contributed by atoms with Crippen LogP contribution in [-0.4, -0.2) is 37.6 Å². The molecule has 148 valence electrons. The fraction of sp³-hybridized carbons (Fsp3) is 0.550. The molecule has 1 aliphatic carbocycles. The topological polar surface area (TPSA) is 58.9 Å². The van der Waals surface area contributed by atoms with Crippen molar-refractivity contribution in [2.75, 3.05) is 18.5 Å². The number of halogens is 1. The summed E-state index contributed by atoms with van der Waals surface area (Å²) in [7, 11) is 0. The molecule has 6 nitrogen and oxygen atoms in total. The van der Waals surface area contributed by atoms with E-state index in [2.05, 4.69) is 47.5 Å². The monoisotopic (exact) mass is 416 g/mol. The molecule has 0 bridgehead atoms. The van der Waals surface area contributed by atoms with Gasteiger partial charge in [0.25, 0.3) is 0 Å². The number of hydrazine groups is 1. The Balaban J connectivity index is 1.29. The third-order valence-electron chi connectivity index (χ3n) is 6.06. The lowest BCUT2D eigenvalue weighted by molar-refractivity contribution is 0.216. The minimum Gasteiger partial charge on any atom is -0.312 e. The second-order valence-electron chi connectivity index (χ2n) is 7.93. The number of fused-ring (bicyclic) bond motifs is 1. The summed E-state index contributed by atoms with van der Waals surface area (Å²) in [6.07, 6.45) is 10.4. The molecule has 0 radical (unpaired) electrons. The maximum Gasteiger partial charge on any atom is 0.226 e. The first-order valence-corrected chi connectivity index (χ1v) is 11.5. The van der Waals surface area contributed by atoms with Gasteiger partial charge in [-0.2, -0.15) is 9.97 Å². The van der Waals surface area contributed by atoms with Gasteiger partial charge in [-0.3, -0.25) is 0 Å². The molecule has 28 heavy (non-hydrogen) atoms. The lowest BCUT2D eigenvalue weighted by atomic mass is 9.94. The molecule has 4 heterocycles. The second-order valence-corrected chi connectivity index (χ2v) is 9.30. The molecule has 1 saturated heterocycles. The lowest BCUT2D eigenvalue weighted by Gasteiger charge is -2.32. The van der Waals surface area contributed by atoms with Crippen LogP contribution in [0.4, 0.5) is 5.82 Å². The molecule has 3 aromatic heterocycles. The van der Waals surface area contributed by atoms with Crippen LogP contribution in [0.5, 0.6) is 0 Å². The van der Waals surface area contributed by atoms with E-state index in [4.69, 9.17) is 11.6 Å². The summed E-state index contributed by atoms with van der Waals surface area (Å²) in [4.78, 5) is 15.0. The first-order valence-electron chi connectivity index (χ1n) is 10.2. The van der Waals surface area contributed by atoms with Gasteiger partial charge in [0.1, 0.15) is 0 Å². The highest BCUT2D eigenvalue weighted by atomic mass is 35.5. The van der Waals surface area contributed by atoms with Crippen LogP contribution in [0.25, 0.3) is 11.2 Å². The van der Waals surface area contributed by atoms with Crippen molar-refractivity contribution in [3.05, 3.63) is 34.0 Å². The van der Waals surface area contributed by atoms with Crippen molar-refractivity contribution in [3.63, 3.8) is 0 Å². The Hall–Kier alpha value is -1.70. The van der Waals surface area contributed by atoms with Gasteiger partial charge < -0.3 is 9.99 Å². The van der Waals surface area contributed by atoms with Crippen molar-refractivity contribution in [2.45, 2.75) is 51.0 Å². The number of imidazole rings is 1. The molecule has 0 atom stereocenters. The Labute approximate surface area is 173 Å². The summed E-state index contributed by atoms with van der Waals surface area (Å²) < 4.78 is 2.19. The minimum absolute atomic E-state index is 0.280. The Morgan fingerprint density at radius 2 is 1.96 bits per heavy atom. The summed E-state index contributed by atoms with van der Waals surface area (Å²) in [5.74, 6) is 1.48. The minimum atomic E-state index is 0.280. The zero-order valence-electron chi connectivity index (χ0n) is 15.9. The third-order valence-corrected chi connectivity index (χ3v) is 7.13. The molecule has 0 spiro atoms. The van der Waals surface area contributed by atoms with Crippen LogP contribution in [-0.2, 0) is 6.42 Å². The number of hydrogen-bond donors (Lipinski definition) is 1. The normalized spacial score (nSPS) is 19.6. The molecule has 0 unspecified atom stereocenters. The number of aromatic nitrogens is 4. The van der Waals surface area contributed by atoms with Gasteiger partial charge in [-0.25, -0.2) is 9.99 Å². The van der Waals surface area contributed by atoms with Crippen LogP contribution in [0, 0.1) is 5.92 Å². The standard InChI is InChI=1S/C20H25ClN6S/c21-20-23-18(17-19(24-20)27(13-22-17)15-4-1-2-5-15)25-26-9-7-14(8-10-26)12-16-6-3-11-28-16/h3,6,11,13-15H,1-2,4-5,7-10,12H2,(H,23,24,25). The SMILES string of the molecule is Clc1nc(NN2CCC(Cc3cccs3)CC2)c2ncn(C3CCCC3)c2n1. The van der Waals surface area contributed by atoms with Gasteiger partial charge in [-0.1, -0.05) is 18.9 Å². The predicted molar refractivity (Wildman–Crippen MR) is 114 cm³/mol. The third kappa shape index (κ3) is 3.75. The van der Waals surface area contributed by atoms with Gasteiger partial charge in [0.15, 0.2) is 17.0 Å². The fourth-order valence-electron chi connectivity index (χ4n) is 4.53. The Kier molecular flexibility index (Phi) is 5.22. The molecule has 0 amide bonds.